The van der Waals surface area contributed by atoms with Gasteiger partial charge in [0, 0.05) is 19.3 Å². The van der Waals surface area contributed by atoms with Crippen LogP contribution in [0.25, 0.3) is 0 Å². The van der Waals surface area contributed by atoms with Gasteiger partial charge in [-0.25, -0.2) is 0 Å². The van der Waals surface area contributed by atoms with Crippen LogP contribution >= 0.6 is 0 Å². The van der Waals surface area contributed by atoms with Crippen molar-refractivity contribution in [3.05, 3.63) is 29.7 Å². The molecular weight excluding hydrogens is 291 g/mol. The van der Waals surface area contributed by atoms with E-state index in [1.54, 1.807) is 0 Å². The van der Waals surface area contributed by atoms with Crippen LogP contribution in [0, 0.1) is 0 Å². The summed E-state index contributed by atoms with van der Waals surface area (Å²) in [5.41, 5.74) is 4.25. The maximum Gasteiger partial charge on any atom is 0.433 e. The van der Waals surface area contributed by atoms with E-state index in [1.165, 1.54) is 24.0 Å². The maximum atomic E-state index is 12.6. The molecule has 0 aliphatic heterocycles. The first kappa shape index (κ1) is 14.9. The Morgan fingerprint density at radius 1 is 1.43 bits per heavy atom. The normalized spacial score (nSPS) is 11.6. The third kappa shape index (κ3) is 3.52. The minimum atomic E-state index is -4.48. The van der Waals surface area contributed by atoms with Gasteiger partial charge in [0.2, 0.25) is 5.88 Å². The van der Waals surface area contributed by atoms with Crippen molar-refractivity contribution in [2.45, 2.75) is 12.7 Å². The van der Waals surface area contributed by atoms with Crippen molar-refractivity contribution in [1.82, 2.24) is 19.6 Å². The molecule has 0 atom stereocenters. The van der Waals surface area contributed by atoms with Crippen LogP contribution in [0.3, 0.4) is 0 Å². The molecule has 0 spiro atoms. The van der Waals surface area contributed by atoms with E-state index in [4.69, 9.17) is 10.5 Å². The number of carbonyl (C=O) groups is 1. The van der Waals surface area contributed by atoms with E-state index in [0.717, 1.165) is 6.07 Å². The van der Waals surface area contributed by atoms with Gasteiger partial charge in [-0.3, -0.25) is 14.2 Å². The zero-order valence-electron chi connectivity index (χ0n) is 11.0. The van der Waals surface area contributed by atoms with Crippen LogP contribution in [0.4, 0.5) is 13.2 Å². The fraction of sp³-hybridized carbons (Fsp3) is 0.364. The highest BCUT2D eigenvalue weighted by Crippen LogP contribution is 2.30. The first-order chi connectivity index (χ1) is 9.77. The maximum absolute atomic E-state index is 12.6. The molecule has 1 amide bonds. The minimum Gasteiger partial charge on any atom is -0.475 e. The summed E-state index contributed by atoms with van der Waals surface area (Å²) < 4.78 is 44.9. The number of amides is 1. The SMILES string of the molecule is Cn1nc(OCCn2ccc(C(N)=O)n2)cc1C(F)(F)F. The molecule has 7 nitrogen and oxygen atoms in total. The van der Waals surface area contributed by atoms with Crippen LogP contribution in [0.15, 0.2) is 18.3 Å². The molecule has 2 aromatic heterocycles. The average Bonchev–Trinajstić information content (AvgIpc) is 2.95. The molecule has 0 aliphatic rings. The predicted molar refractivity (Wildman–Crippen MR) is 64.4 cm³/mol. The molecule has 114 valence electrons. The molecule has 21 heavy (non-hydrogen) atoms. The molecule has 2 heterocycles. The molecule has 0 saturated heterocycles. The smallest absolute Gasteiger partial charge is 0.433 e. The van der Waals surface area contributed by atoms with Crippen LogP contribution in [0.5, 0.6) is 5.88 Å². The van der Waals surface area contributed by atoms with Gasteiger partial charge in [0.1, 0.15) is 18.0 Å². The van der Waals surface area contributed by atoms with Gasteiger partial charge < -0.3 is 10.5 Å². The lowest BCUT2D eigenvalue weighted by Gasteiger charge is -2.04. The summed E-state index contributed by atoms with van der Waals surface area (Å²) in [6.07, 6.45) is -2.97. The van der Waals surface area contributed by atoms with Gasteiger partial charge in [-0.1, -0.05) is 0 Å². The number of aromatic nitrogens is 4. The zero-order chi connectivity index (χ0) is 15.6. The molecule has 0 saturated carbocycles. The Labute approximate surface area is 117 Å². The quantitative estimate of drug-likeness (QED) is 0.885. The van der Waals surface area contributed by atoms with Crippen LogP contribution in [-0.2, 0) is 19.8 Å². The number of nitrogens with zero attached hydrogens (tertiary/aromatic N) is 4. The van der Waals surface area contributed by atoms with E-state index in [-0.39, 0.29) is 24.7 Å². The average molecular weight is 303 g/mol. The Hall–Kier alpha value is -2.52. The van der Waals surface area contributed by atoms with E-state index < -0.39 is 17.8 Å². The van der Waals surface area contributed by atoms with Gasteiger partial charge in [0.05, 0.1) is 6.54 Å². The second kappa shape index (κ2) is 5.46. The molecule has 0 aromatic carbocycles. The van der Waals surface area contributed by atoms with Crippen molar-refractivity contribution in [3.8, 4) is 5.88 Å². The number of aryl methyl sites for hydroxylation is 1. The van der Waals surface area contributed by atoms with E-state index in [2.05, 4.69) is 10.2 Å². The van der Waals surface area contributed by atoms with Crippen molar-refractivity contribution in [3.63, 3.8) is 0 Å². The Kier molecular flexibility index (Phi) is 3.87. The fourth-order valence-electron chi connectivity index (χ4n) is 1.64. The first-order valence-electron chi connectivity index (χ1n) is 5.84. The highest BCUT2D eigenvalue weighted by Gasteiger charge is 2.35. The Balaban J connectivity index is 1.93. The predicted octanol–water partition coefficient (Wildman–Crippen LogP) is 0.813. The van der Waals surface area contributed by atoms with Gasteiger partial charge in [-0.05, 0) is 6.07 Å². The van der Waals surface area contributed by atoms with Crippen molar-refractivity contribution in [2.75, 3.05) is 6.61 Å². The Morgan fingerprint density at radius 3 is 2.67 bits per heavy atom. The highest BCUT2D eigenvalue weighted by molar-refractivity contribution is 5.90. The molecule has 2 rings (SSSR count). The van der Waals surface area contributed by atoms with E-state index in [9.17, 15) is 18.0 Å². The van der Waals surface area contributed by atoms with Crippen LogP contribution in [0.1, 0.15) is 16.2 Å². The molecular formula is C11H12F3N5O2. The lowest BCUT2D eigenvalue weighted by molar-refractivity contribution is -0.143. The number of rotatable bonds is 5. The van der Waals surface area contributed by atoms with E-state index >= 15 is 0 Å². The molecule has 2 aromatic rings. The number of alkyl halides is 3. The molecule has 10 heteroatoms. The number of primary amides is 1. The van der Waals surface area contributed by atoms with Crippen molar-refractivity contribution >= 4 is 5.91 Å². The third-order valence-corrected chi connectivity index (χ3v) is 2.61. The number of hydrogen-bond acceptors (Lipinski definition) is 4. The van der Waals surface area contributed by atoms with Crippen LogP contribution in [0.2, 0.25) is 0 Å². The Bertz CT molecular complexity index is 647. The zero-order valence-corrected chi connectivity index (χ0v) is 11.0. The van der Waals surface area contributed by atoms with Gasteiger partial charge in [0.15, 0.2) is 0 Å². The summed E-state index contributed by atoms with van der Waals surface area (Å²) in [4.78, 5) is 10.8. The van der Waals surface area contributed by atoms with Crippen LogP contribution < -0.4 is 10.5 Å². The Morgan fingerprint density at radius 2 is 2.14 bits per heavy atom. The topological polar surface area (TPSA) is 88.0 Å². The van der Waals surface area contributed by atoms with Gasteiger partial charge >= 0.3 is 6.18 Å². The second-order valence-corrected chi connectivity index (χ2v) is 4.17. The highest BCUT2D eigenvalue weighted by atomic mass is 19.4. The summed E-state index contributed by atoms with van der Waals surface area (Å²) in [6, 6.07) is 2.25. The molecule has 0 aliphatic carbocycles. The summed E-state index contributed by atoms with van der Waals surface area (Å²) in [7, 11) is 1.18. The summed E-state index contributed by atoms with van der Waals surface area (Å²) >= 11 is 0. The monoisotopic (exact) mass is 303 g/mol. The number of hydrogen-bond donors (Lipinski definition) is 1. The molecule has 0 unspecified atom stereocenters. The summed E-state index contributed by atoms with van der Waals surface area (Å²) in [5.74, 6) is -0.790. The number of carbonyl (C=O) groups excluding carboxylic acids is 1. The summed E-state index contributed by atoms with van der Waals surface area (Å²) in [6.45, 7) is 0.291. The molecule has 2 N–H and O–H groups in total. The fourth-order valence-corrected chi connectivity index (χ4v) is 1.64. The van der Waals surface area contributed by atoms with Crippen molar-refractivity contribution < 1.29 is 22.7 Å². The van der Waals surface area contributed by atoms with Crippen molar-refractivity contribution in [1.29, 1.82) is 0 Å². The number of ether oxygens (including phenoxy) is 1. The van der Waals surface area contributed by atoms with Gasteiger partial charge in [0.25, 0.3) is 5.91 Å². The summed E-state index contributed by atoms with van der Waals surface area (Å²) in [5, 5.41) is 7.47. The lowest BCUT2D eigenvalue weighted by Crippen LogP contribution is -2.14. The van der Waals surface area contributed by atoms with Gasteiger partial charge in [-0.2, -0.15) is 18.3 Å². The molecule has 0 radical (unpaired) electrons. The standard InChI is InChI=1S/C11H12F3N5O2/c1-18-8(11(12,13)14)6-9(17-18)21-5-4-19-3-2-7(16-19)10(15)20/h2-3,6H,4-5H2,1H3,(H2,15,20). The van der Waals surface area contributed by atoms with E-state index in [1.807, 2.05) is 0 Å². The third-order valence-electron chi connectivity index (χ3n) is 2.61. The molecule has 0 fully saturated rings. The number of nitrogens with two attached hydrogens (primary N) is 1. The molecule has 0 bridgehead atoms. The first-order valence-corrected chi connectivity index (χ1v) is 5.84. The van der Waals surface area contributed by atoms with Crippen molar-refractivity contribution in [2.24, 2.45) is 12.8 Å². The lowest BCUT2D eigenvalue weighted by atomic mass is 10.4. The second-order valence-electron chi connectivity index (χ2n) is 4.17. The minimum absolute atomic E-state index is 0.0498. The number of halogens is 3. The largest absolute Gasteiger partial charge is 0.475 e. The van der Waals surface area contributed by atoms with Crippen LogP contribution in [-0.4, -0.2) is 32.1 Å². The van der Waals surface area contributed by atoms with Gasteiger partial charge in [-0.15, -0.1) is 5.10 Å². The van der Waals surface area contributed by atoms with E-state index in [0.29, 0.717) is 4.68 Å².